The molecule has 0 bridgehead atoms. The summed E-state index contributed by atoms with van der Waals surface area (Å²) >= 11 is 0. The number of hydrogen-bond donors (Lipinski definition) is 2. The zero-order chi connectivity index (χ0) is 19.2. The first-order valence-electron chi connectivity index (χ1n) is 9.46. The summed E-state index contributed by atoms with van der Waals surface area (Å²) in [5.41, 5.74) is 2.80. The van der Waals surface area contributed by atoms with Crippen molar-refractivity contribution in [3.8, 4) is 0 Å². The lowest BCUT2D eigenvalue weighted by Gasteiger charge is -2.34. The monoisotopic (exact) mass is 373 g/mol. The molecule has 1 aromatic carbocycles. The minimum Gasteiger partial charge on any atom is -0.353 e. The van der Waals surface area contributed by atoms with Gasteiger partial charge in [0.05, 0.1) is 5.56 Å². The summed E-state index contributed by atoms with van der Waals surface area (Å²) in [7, 11) is 0. The largest absolute Gasteiger partial charge is 0.353 e. The fourth-order valence-electron chi connectivity index (χ4n) is 3.36. The van der Waals surface area contributed by atoms with Crippen molar-refractivity contribution in [2.24, 2.45) is 0 Å². The fraction of sp³-hybridized carbons (Fsp3) is 0.227. The molecule has 2 N–H and O–H groups in total. The first kappa shape index (κ1) is 18.1. The van der Waals surface area contributed by atoms with Crippen LogP contribution in [0.25, 0.3) is 0 Å². The Balaban J connectivity index is 1.38. The number of aromatic nitrogens is 2. The van der Waals surface area contributed by atoms with E-state index in [4.69, 9.17) is 0 Å². The van der Waals surface area contributed by atoms with Crippen molar-refractivity contribution in [1.82, 2.24) is 20.6 Å². The SMILES string of the molecule is O=C(NCc1cccnc1)c1ccc(N2CCNC(c3ccccc3)C2)nc1. The summed E-state index contributed by atoms with van der Waals surface area (Å²) in [4.78, 5) is 23.2. The van der Waals surface area contributed by atoms with Crippen molar-refractivity contribution >= 4 is 11.7 Å². The Kier molecular flexibility index (Phi) is 5.58. The van der Waals surface area contributed by atoms with E-state index < -0.39 is 0 Å². The van der Waals surface area contributed by atoms with E-state index in [1.165, 1.54) is 5.56 Å². The van der Waals surface area contributed by atoms with E-state index in [1.54, 1.807) is 18.6 Å². The van der Waals surface area contributed by atoms with Gasteiger partial charge in [-0.1, -0.05) is 36.4 Å². The summed E-state index contributed by atoms with van der Waals surface area (Å²) in [5, 5.41) is 6.46. The van der Waals surface area contributed by atoms with E-state index in [1.807, 2.05) is 30.3 Å². The molecule has 1 fully saturated rings. The molecule has 3 heterocycles. The van der Waals surface area contributed by atoms with Crippen LogP contribution in [0.3, 0.4) is 0 Å². The Morgan fingerprint density at radius 2 is 2.00 bits per heavy atom. The molecule has 1 aliphatic heterocycles. The lowest BCUT2D eigenvalue weighted by Crippen LogP contribution is -2.46. The first-order chi connectivity index (χ1) is 13.8. The average molecular weight is 373 g/mol. The number of anilines is 1. The third-order valence-electron chi connectivity index (χ3n) is 4.89. The molecule has 1 aliphatic rings. The molecule has 1 saturated heterocycles. The van der Waals surface area contributed by atoms with E-state index in [-0.39, 0.29) is 11.9 Å². The molecule has 6 heteroatoms. The highest BCUT2D eigenvalue weighted by atomic mass is 16.1. The molecule has 6 nitrogen and oxygen atoms in total. The van der Waals surface area contributed by atoms with Crippen molar-refractivity contribution < 1.29 is 4.79 Å². The van der Waals surface area contributed by atoms with Crippen LogP contribution in [0.4, 0.5) is 5.82 Å². The highest BCUT2D eigenvalue weighted by Crippen LogP contribution is 2.21. The molecule has 142 valence electrons. The number of carbonyl (C=O) groups is 1. The van der Waals surface area contributed by atoms with Gasteiger partial charge in [0.1, 0.15) is 5.82 Å². The Hall–Kier alpha value is -3.25. The van der Waals surface area contributed by atoms with Crippen LogP contribution in [-0.2, 0) is 6.54 Å². The molecular weight excluding hydrogens is 350 g/mol. The second-order valence-electron chi connectivity index (χ2n) is 6.81. The van der Waals surface area contributed by atoms with Crippen molar-refractivity contribution in [3.05, 3.63) is 89.9 Å². The van der Waals surface area contributed by atoms with Gasteiger partial charge < -0.3 is 15.5 Å². The number of pyridine rings is 2. The predicted octanol–water partition coefficient (Wildman–Crippen LogP) is 2.56. The number of piperazine rings is 1. The van der Waals surface area contributed by atoms with Gasteiger partial charge in [-0.2, -0.15) is 0 Å². The van der Waals surface area contributed by atoms with Gasteiger partial charge in [0.25, 0.3) is 5.91 Å². The number of rotatable bonds is 5. The standard InChI is InChI=1S/C22H23N5O/c28-22(26-14-17-5-4-10-23-13-17)19-8-9-21(25-15-19)27-12-11-24-20(16-27)18-6-2-1-3-7-18/h1-10,13,15,20,24H,11-12,14,16H2,(H,26,28). The van der Waals surface area contributed by atoms with Gasteiger partial charge in [-0.3, -0.25) is 9.78 Å². The molecule has 0 saturated carbocycles. The average Bonchev–Trinajstić information content (AvgIpc) is 2.79. The van der Waals surface area contributed by atoms with Crippen molar-refractivity contribution in [2.75, 3.05) is 24.5 Å². The smallest absolute Gasteiger partial charge is 0.253 e. The van der Waals surface area contributed by atoms with E-state index in [9.17, 15) is 4.79 Å². The molecule has 0 spiro atoms. The highest BCUT2D eigenvalue weighted by Gasteiger charge is 2.21. The van der Waals surface area contributed by atoms with Gasteiger partial charge in [-0.05, 0) is 29.3 Å². The number of hydrogen-bond acceptors (Lipinski definition) is 5. The minimum absolute atomic E-state index is 0.134. The van der Waals surface area contributed by atoms with Gasteiger partial charge in [-0.15, -0.1) is 0 Å². The zero-order valence-electron chi connectivity index (χ0n) is 15.6. The van der Waals surface area contributed by atoms with Gasteiger partial charge in [0, 0.05) is 50.8 Å². The zero-order valence-corrected chi connectivity index (χ0v) is 15.6. The summed E-state index contributed by atoms with van der Waals surface area (Å²) in [6, 6.07) is 18.3. The lowest BCUT2D eigenvalue weighted by atomic mass is 10.0. The second kappa shape index (κ2) is 8.63. The number of nitrogens with zero attached hydrogens (tertiary/aromatic N) is 3. The van der Waals surface area contributed by atoms with Crippen molar-refractivity contribution in [2.45, 2.75) is 12.6 Å². The summed E-state index contributed by atoms with van der Waals surface area (Å²) in [6.07, 6.45) is 5.11. The quantitative estimate of drug-likeness (QED) is 0.719. The van der Waals surface area contributed by atoms with E-state index in [0.717, 1.165) is 31.0 Å². The van der Waals surface area contributed by atoms with Crippen LogP contribution < -0.4 is 15.5 Å². The van der Waals surface area contributed by atoms with E-state index >= 15 is 0 Å². The highest BCUT2D eigenvalue weighted by molar-refractivity contribution is 5.94. The second-order valence-corrected chi connectivity index (χ2v) is 6.81. The first-order valence-corrected chi connectivity index (χ1v) is 9.46. The molecular formula is C22H23N5O. The lowest BCUT2D eigenvalue weighted by molar-refractivity contribution is 0.0950. The Labute approximate surface area is 164 Å². The maximum absolute atomic E-state index is 12.3. The third kappa shape index (κ3) is 4.35. The predicted molar refractivity (Wildman–Crippen MR) is 109 cm³/mol. The van der Waals surface area contributed by atoms with E-state index in [2.05, 4.69) is 49.8 Å². The molecule has 3 aromatic rings. The number of nitrogens with one attached hydrogen (secondary N) is 2. The molecule has 4 rings (SSSR count). The van der Waals surface area contributed by atoms with Crippen LogP contribution in [0.5, 0.6) is 0 Å². The van der Waals surface area contributed by atoms with Crippen LogP contribution in [0.15, 0.2) is 73.2 Å². The van der Waals surface area contributed by atoms with Gasteiger partial charge >= 0.3 is 0 Å². The molecule has 1 atom stereocenters. The fourth-order valence-corrected chi connectivity index (χ4v) is 3.36. The van der Waals surface area contributed by atoms with E-state index in [0.29, 0.717) is 12.1 Å². The maximum Gasteiger partial charge on any atom is 0.253 e. The van der Waals surface area contributed by atoms with Crippen LogP contribution in [0.2, 0.25) is 0 Å². The summed E-state index contributed by atoms with van der Waals surface area (Å²) < 4.78 is 0. The Morgan fingerprint density at radius 3 is 2.75 bits per heavy atom. The normalized spacial score (nSPS) is 16.6. The van der Waals surface area contributed by atoms with Gasteiger partial charge in [0.2, 0.25) is 0 Å². The Bertz CT molecular complexity index is 899. The number of carbonyl (C=O) groups excluding carboxylic acids is 1. The molecule has 0 radical (unpaired) electrons. The maximum atomic E-state index is 12.3. The van der Waals surface area contributed by atoms with Crippen LogP contribution >= 0.6 is 0 Å². The number of amides is 1. The topological polar surface area (TPSA) is 70.2 Å². The molecule has 28 heavy (non-hydrogen) atoms. The van der Waals surface area contributed by atoms with Crippen molar-refractivity contribution in [1.29, 1.82) is 0 Å². The van der Waals surface area contributed by atoms with Crippen LogP contribution in [-0.4, -0.2) is 35.5 Å². The van der Waals surface area contributed by atoms with Crippen LogP contribution in [0, 0.1) is 0 Å². The van der Waals surface area contributed by atoms with Crippen molar-refractivity contribution in [3.63, 3.8) is 0 Å². The molecule has 1 amide bonds. The summed E-state index contributed by atoms with van der Waals surface area (Å²) in [5.74, 6) is 0.761. The van der Waals surface area contributed by atoms with Crippen LogP contribution in [0.1, 0.15) is 27.5 Å². The number of benzene rings is 1. The van der Waals surface area contributed by atoms with Gasteiger partial charge in [-0.25, -0.2) is 4.98 Å². The molecule has 1 unspecified atom stereocenters. The molecule has 0 aliphatic carbocycles. The molecule has 2 aromatic heterocycles. The minimum atomic E-state index is -0.134. The third-order valence-corrected chi connectivity index (χ3v) is 4.89. The Morgan fingerprint density at radius 1 is 1.11 bits per heavy atom. The summed E-state index contributed by atoms with van der Waals surface area (Å²) in [6.45, 7) is 3.09. The van der Waals surface area contributed by atoms with Gasteiger partial charge in [0.15, 0.2) is 0 Å².